The number of hydrogen-bond donors (Lipinski definition) is 1. The summed E-state index contributed by atoms with van der Waals surface area (Å²) in [4.78, 5) is 11.9. The van der Waals surface area contributed by atoms with Crippen molar-refractivity contribution in [1.29, 1.82) is 0 Å². The van der Waals surface area contributed by atoms with Gasteiger partial charge in [-0.15, -0.1) is 13.2 Å². The molecule has 7 heteroatoms. The van der Waals surface area contributed by atoms with Crippen LogP contribution >= 0.6 is 0 Å². The maximum atomic E-state index is 12.0. The molecule has 0 spiro atoms. The van der Waals surface area contributed by atoms with Crippen LogP contribution in [0.1, 0.15) is 5.56 Å². The van der Waals surface area contributed by atoms with E-state index in [2.05, 4.69) is 4.74 Å². The normalized spacial score (nSPS) is 15.3. The molecule has 1 amide bonds. The molecule has 0 aliphatic carbocycles. The van der Waals surface area contributed by atoms with Gasteiger partial charge in [0, 0.05) is 13.1 Å². The van der Waals surface area contributed by atoms with Gasteiger partial charge in [-0.1, -0.05) is 18.2 Å². The Labute approximate surface area is 106 Å². The first-order valence-corrected chi connectivity index (χ1v) is 5.38. The van der Waals surface area contributed by atoms with Gasteiger partial charge in [-0.25, -0.2) is 4.79 Å². The molecular weight excluding hydrogens is 263 g/mol. The zero-order valence-electron chi connectivity index (χ0n) is 9.65. The summed E-state index contributed by atoms with van der Waals surface area (Å²) in [6.45, 7) is 0.514. The van der Waals surface area contributed by atoms with Crippen LogP contribution in [-0.4, -0.2) is 35.6 Å². The fraction of sp³-hybridized carbons (Fsp3) is 0.250. The molecule has 0 unspecified atom stereocenters. The largest absolute Gasteiger partial charge is 0.573 e. The summed E-state index contributed by atoms with van der Waals surface area (Å²) in [5, 5.41) is 8.80. The van der Waals surface area contributed by atoms with Crippen LogP contribution in [0.15, 0.2) is 30.3 Å². The van der Waals surface area contributed by atoms with Crippen LogP contribution in [0.25, 0.3) is 5.57 Å². The van der Waals surface area contributed by atoms with E-state index in [4.69, 9.17) is 5.11 Å². The van der Waals surface area contributed by atoms with Crippen LogP contribution in [-0.2, 0) is 0 Å². The lowest BCUT2D eigenvalue weighted by Crippen LogP contribution is -2.26. The number of carbonyl (C=O) groups is 1. The molecule has 0 bridgehead atoms. The first kappa shape index (κ1) is 13.3. The van der Waals surface area contributed by atoms with E-state index in [1.165, 1.54) is 29.2 Å². The second kappa shape index (κ2) is 4.83. The number of benzene rings is 1. The number of ether oxygens (including phenoxy) is 1. The number of amides is 1. The van der Waals surface area contributed by atoms with Crippen LogP contribution in [0.2, 0.25) is 0 Å². The Morgan fingerprint density at radius 1 is 1.26 bits per heavy atom. The number of rotatable bonds is 2. The van der Waals surface area contributed by atoms with Crippen LogP contribution in [0.3, 0.4) is 0 Å². The van der Waals surface area contributed by atoms with E-state index in [1.807, 2.05) is 0 Å². The summed E-state index contributed by atoms with van der Waals surface area (Å²) in [7, 11) is 0. The second-order valence-electron chi connectivity index (χ2n) is 3.96. The van der Waals surface area contributed by atoms with Crippen molar-refractivity contribution >= 4 is 11.7 Å². The molecule has 0 fully saturated rings. The summed E-state index contributed by atoms with van der Waals surface area (Å²) in [6, 6.07) is 5.34. The van der Waals surface area contributed by atoms with Crippen molar-refractivity contribution in [2.75, 3.05) is 13.1 Å². The Hall–Kier alpha value is -2.18. The average Bonchev–Trinajstić information content (AvgIpc) is 2.77. The van der Waals surface area contributed by atoms with Gasteiger partial charge in [0.2, 0.25) is 0 Å². The molecule has 1 N–H and O–H groups in total. The quantitative estimate of drug-likeness (QED) is 0.901. The van der Waals surface area contributed by atoms with E-state index in [-0.39, 0.29) is 18.8 Å². The zero-order valence-corrected chi connectivity index (χ0v) is 9.65. The van der Waals surface area contributed by atoms with Crippen molar-refractivity contribution in [2.24, 2.45) is 0 Å². The van der Waals surface area contributed by atoms with Gasteiger partial charge in [-0.3, -0.25) is 0 Å². The lowest BCUT2D eigenvalue weighted by molar-refractivity contribution is -0.274. The molecule has 0 radical (unpaired) electrons. The van der Waals surface area contributed by atoms with E-state index >= 15 is 0 Å². The Balaban J connectivity index is 2.06. The SMILES string of the molecule is O=C(O)N1CC=C(c2ccc(OC(F)(F)F)cc2)C1. The van der Waals surface area contributed by atoms with Crippen LogP contribution in [0.5, 0.6) is 5.75 Å². The minimum Gasteiger partial charge on any atom is -0.465 e. The molecule has 0 atom stereocenters. The Bertz CT molecular complexity index is 508. The van der Waals surface area contributed by atoms with E-state index in [1.54, 1.807) is 6.08 Å². The molecule has 2 rings (SSSR count). The molecule has 0 saturated heterocycles. The number of hydrogen-bond acceptors (Lipinski definition) is 2. The van der Waals surface area contributed by atoms with Gasteiger partial charge in [0.05, 0.1) is 0 Å². The van der Waals surface area contributed by atoms with Gasteiger partial charge < -0.3 is 14.7 Å². The fourth-order valence-electron chi connectivity index (χ4n) is 1.78. The van der Waals surface area contributed by atoms with E-state index in [0.717, 1.165) is 5.57 Å². The van der Waals surface area contributed by atoms with Gasteiger partial charge in [-0.2, -0.15) is 0 Å². The van der Waals surface area contributed by atoms with Crippen molar-refractivity contribution in [2.45, 2.75) is 6.36 Å². The lowest BCUT2D eigenvalue weighted by Gasteiger charge is -2.12. The highest BCUT2D eigenvalue weighted by Crippen LogP contribution is 2.26. The molecule has 1 aromatic rings. The molecule has 1 aliphatic rings. The molecule has 4 nitrogen and oxygen atoms in total. The summed E-state index contributed by atoms with van der Waals surface area (Å²) in [5.74, 6) is -0.301. The van der Waals surface area contributed by atoms with Crippen LogP contribution in [0.4, 0.5) is 18.0 Å². The Kier molecular flexibility index (Phi) is 3.37. The van der Waals surface area contributed by atoms with Crippen molar-refractivity contribution in [3.8, 4) is 5.75 Å². The van der Waals surface area contributed by atoms with Gasteiger partial charge in [-0.05, 0) is 23.3 Å². The fourth-order valence-corrected chi connectivity index (χ4v) is 1.78. The first-order chi connectivity index (χ1) is 8.85. The lowest BCUT2D eigenvalue weighted by atomic mass is 10.1. The number of carboxylic acid groups (broad SMARTS) is 1. The standard InChI is InChI=1S/C12H10F3NO3/c13-12(14,15)19-10-3-1-8(2-4-10)9-5-6-16(7-9)11(17)18/h1-5H,6-7H2,(H,17,18). The third kappa shape index (κ3) is 3.40. The smallest absolute Gasteiger partial charge is 0.465 e. The first-order valence-electron chi connectivity index (χ1n) is 5.38. The number of nitrogens with zero attached hydrogens (tertiary/aromatic N) is 1. The molecule has 1 aromatic carbocycles. The molecular formula is C12H10F3NO3. The molecule has 0 aromatic heterocycles. The average molecular weight is 273 g/mol. The highest BCUT2D eigenvalue weighted by Gasteiger charge is 2.31. The molecule has 1 aliphatic heterocycles. The summed E-state index contributed by atoms with van der Waals surface area (Å²) >= 11 is 0. The minimum absolute atomic E-state index is 0.231. The van der Waals surface area contributed by atoms with Gasteiger partial charge in [0.15, 0.2) is 0 Å². The predicted octanol–water partition coefficient (Wildman–Crippen LogP) is 2.96. The Morgan fingerprint density at radius 2 is 1.89 bits per heavy atom. The van der Waals surface area contributed by atoms with E-state index in [9.17, 15) is 18.0 Å². The van der Waals surface area contributed by atoms with Crippen molar-refractivity contribution < 1.29 is 27.8 Å². The highest BCUT2D eigenvalue weighted by molar-refractivity contribution is 5.76. The third-order valence-corrected chi connectivity index (χ3v) is 2.65. The monoisotopic (exact) mass is 273 g/mol. The highest BCUT2D eigenvalue weighted by atomic mass is 19.4. The van der Waals surface area contributed by atoms with E-state index in [0.29, 0.717) is 5.56 Å². The molecule has 0 saturated carbocycles. The summed E-state index contributed by atoms with van der Waals surface area (Å²) < 4.78 is 39.7. The van der Waals surface area contributed by atoms with E-state index < -0.39 is 12.5 Å². The Morgan fingerprint density at radius 3 is 2.37 bits per heavy atom. The second-order valence-corrected chi connectivity index (χ2v) is 3.96. The van der Waals surface area contributed by atoms with Crippen LogP contribution < -0.4 is 4.74 Å². The van der Waals surface area contributed by atoms with Gasteiger partial charge in [0.1, 0.15) is 5.75 Å². The number of halogens is 3. The van der Waals surface area contributed by atoms with Gasteiger partial charge >= 0.3 is 12.5 Å². The molecule has 1 heterocycles. The summed E-state index contributed by atoms with van der Waals surface area (Å²) in [5.41, 5.74) is 1.44. The van der Waals surface area contributed by atoms with Crippen molar-refractivity contribution in [3.63, 3.8) is 0 Å². The maximum absolute atomic E-state index is 12.0. The molecule has 19 heavy (non-hydrogen) atoms. The van der Waals surface area contributed by atoms with Crippen LogP contribution in [0, 0.1) is 0 Å². The third-order valence-electron chi connectivity index (χ3n) is 2.65. The number of alkyl halides is 3. The van der Waals surface area contributed by atoms with Crippen molar-refractivity contribution in [3.05, 3.63) is 35.9 Å². The maximum Gasteiger partial charge on any atom is 0.573 e. The molecule has 102 valence electrons. The van der Waals surface area contributed by atoms with Crippen molar-refractivity contribution in [1.82, 2.24) is 4.90 Å². The zero-order chi connectivity index (χ0) is 14.0. The topological polar surface area (TPSA) is 49.8 Å². The predicted molar refractivity (Wildman–Crippen MR) is 60.7 cm³/mol. The summed E-state index contributed by atoms with van der Waals surface area (Å²) in [6.07, 6.45) is -4.01. The van der Waals surface area contributed by atoms with Gasteiger partial charge in [0.25, 0.3) is 0 Å². The minimum atomic E-state index is -4.71.